The second kappa shape index (κ2) is 15.4. The van der Waals surface area contributed by atoms with Gasteiger partial charge in [-0.3, -0.25) is 9.69 Å². The molecule has 2 aromatic rings. The predicted molar refractivity (Wildman–Crippen MR) is 203 cm³/mol. The minimum atomic E-state index is -0.265. The van der Waals surface area contributed by atoms with Crippen LogP contribution in [0.1, 0.15) is 74.9 Å². The summed E-state index contributed by atoms with van der Waals surface area (Å²) in [4.78, 5) is 35.8. The van der Waals surface area contributed by atoms with Gasteiger partial charge in [-0.25, -0.2) is 4.79 Å². The van der Waals surface area contributed by atoms with E-state index in [4.69, 9.17) is 9.47 Å². The molecule has 268 valence electrons. The number of piperazine rings is 1. The minimum absolute atomic E-state index is 0.0257. The Bertz CT molecular complexity index is 1770. The summed E-state index contributed by atoms with van der Waals surface area (Å²) in [6, 6.07) is 14.5. The molecule has 4 atom stereocenters. The highest BCUT2D eigenvalue weighted by molar-refractivity contribution is 6.03. The van der Waals surface area contributed by atoms with Crippen LogP contribution in [0.25, 0.3) is 5.57 Å². The molecule has 5 aliphatic rings. The van der Waals surface area contributed by atoms with Crippen LogP contribution in [0.15, 0.2) is 72.0 Å². The maximum atomic E-state index is 14.4. The standard InChI is InChI=1S/C43H52N4O4/c1-5-44(6-2)30-19-21-36-39(27-30)51-40-28-31(45(7-3)8-4)20-22-37(40)41(36)34-17-13-14-18-35(34)42(48)46-23-25-47(26-24-46)43(49)50-29-38-32-15-11-9-10-12-16-33(32)38/h13-14,17-22,27-28,30,32-33,38H,5-8,11-12,15-16,23-26,29H2,1-4H3/t30?,32-,33+,38?. The first-order valence-corrected chi connectivity index (χ1v) is 19.2. The molecule has 3 aliphatic carbocycles. The average molecular weight is 689 g/mol. The van der Waals surface area contributed by atoms with E-state index in [1.54, 1.807) is 4.90 Å². The number of benzene rings is 2. The van der Waals surface area contributed by atoms with E-state index in [0.29, 0.717) is 56.1 Å². The minimum Gasteiger partial charge on any atom is -0.456 e. The first kappa shape index (κ1) is 34.9. The van der Waals surface area contributed by atoms with Gasteiger partial charge in [0.25, 0.3) is 5.91 Å². The molecule has 2 heterocycles. The number of hydrogen-bond acceptors (Lipinski definition) is 6. The van der Waals surface area contributed by atoms with Crippen LogP contribution in [0.5, 0.6) is 5.75 Å². The fourth-order valence-corrected chi connectivity index (χ4v) is 8.58. The van der Waals surface area contributed by atoms with E-state index in [9.17, 15) is 9.59 Å². The molecule has 2 unspecified atom stereocenters. The smallest absolute Gasteiger partial charge is 0.409 e. The number of likely N-dealkylation sites (N-methyl/N-ethyl adjacent to an activating group) is 1. The quantitative estimate of drug-likeness (QED) is 0.246. The normalized spacial score (nSPS) is 23.4. The number of carbonyl (C=O) groups is 2. The summed E-state index contributed by atoms with van der Waals surface area (Å²) < 4.78 is 12.5. The molecule has 2 aromatic carbocycles. The first-order chi connectivity index (χ1) is 24.9. The van der Waals surface area contributed by atoms with Crippen molar-refractivity contribution in [3.8, 4) is 17.6 Å². The van der Waals surface area contributed by atoms with Gasteiger partial charge in [0.05, 0.1) is 12.6 Å². The largest absolute Gasteiger partial charge is 0.456 e. The van der Waals surface area contributed by atoms with Crippen molar-refractivity contribution >= 4 is 23.3 Å². The number of hydrogen-bond donors (Lipinski definition) is 0. The van der Waals surface area contributed by atoms with E-state index in [0.717, 1.165) is 91.3 Å². The van der Waals surface area contributed by atoms with E-state index in [2.05, 4.69) is 91.8 Å². The summed E-state index contributed by atoms with van der Waals surface area (Å²) in [5, 5.41) is 0. The second-order valence-electron chi connectivity index (χ2n) is 14.2. The Kier molecular flexibility index (Phi) is 10.6. The lowest BCUT2D eigenvalue weighted by Crippen LogP contribution is -2.51. The molecule has 2 amide bonds. The van der Waals surface area contributed by atoms with Crippen molar-refractivity contribution in [3.05, 3.63) is 88.7 Å². The zero-order valence-electron chi connectivity index (χ0n) is 30.7. The van der Waals surface area contributed by atoms with Crippen LogP contribution in [0.3, 0.4) is 0 Å². The molecule has 2 fully saturated rings. The van der Waals surface area contributed by atoms with Gasteiger partial charge in [0.2, 0.25) is 0 Å². The van der Waals surface area contributed by atoms with E-state index >= 15 is 0 Å². The van der Waals surface area contributed by atoms with E-state index in [1.165, 1.54) is 0 Å². The molecule has 8 heteroatoms. The Morgan fingerprint density at radius 2 is 1.55 bits per heavy atom. The zero-order chi connectivity index (χ0) is 35.5. The average Bonchev–Trinajstić information content (AvgIpc) is 3.81. The monoisotopic (exact) mass is 688 g/mol. The lowest BCUT2D eigenvalue weighted by atomic mass is 9.84. The molecule has 0 N–H and O–H groups in total. The molecule has 0 aromatic heterocycles. The van der Waals surface area contributed by atoms with Gasteiger partial charge in [0, 0.05) is 86.1 Å². The van der Waals surface area contributed by atoms with Gasteiger partial charge in [-0.05, 0) is 87.4 Å². The van der Waals surface area contributed by atoms with Crippen LogP contribution in [-0.2, 0) is 4.74 Å². The first-order valence-electron chi connectivity index (χ1n) is 19.2. The number of ether oxygens (including phenoxy) is 2. The van der Waals surface area contributed by atoms with Crippen LogP contribution in [0.2, 0.25) is 0 Å². The lowest BCUT2D eigenvalue weighted by molar-refractivity contribution is 0.0544. The number of rotatable bonds is 10. The summed E-state index contributed by atoms with van der Waals surface area (Å²) in [5.74, 6) is 9.85. The van der Waals surface area contributed by atoms with Crippen LogP contribution in [0, 0.1) is 29.6 Å². The van der Waals surface area contributed by atoms with Crippen molar-refractivity contribution in [1.82, 2.24) is 14.7 Å². The maximum Gasteiger partial charge on any atom is 0.409 e. The van der Waals surface area contributed by atoms with Crippen LogP contribution < -0.4 is 9.64 Å². The van der Waals surface area contributed by atoms with Gasteiger partial charge >= 0.3 is 6.09 Å². The number of allylic oxidation sites excluding steroid dienone is 1. The third-order valence-corrected chi connectivity index (χ3v) is 11.6. The Balaban J connectivity index is 1.11. The van der Waals surface area contributed by atoms with Gasteiger partial charge in [-0.2, -0.15) is 0 Å². The molecule has 7 rings (SSSR count). The van der Waals surface area contributed by atoms with Crippen molar-refractivity contribution in [2.75, 3.05) is 63.9 Å². The Hall–Kier alpha value is -4.48. The van der Waals surface area contributed by atoms with Crippen LogP contribution in [-0.4, -0.2) is 91.7 Å². The second-order valence-corrected chi connectivity index (χ2v) is 14.2. The van der Waals surface area contributed by atoms with Gasteiger partial charge in [0.1, 0.15) is 11.5 Å². The summed E-state index contributed by atoms with van der Waals surface area (Å²) in [6.45, 7) is 14.7. The van der Waals surface area contributed by atoms with E-state index < -0.39 is 0 Å². The van der Waals surface area contributed by atoms with Crippen molar-refractivity contribution in [2.45, 2.75) is 59.4 Å². The topological polar surface area (TPSA) is 65.6 Å². The van der Waals surface area contributed by atoms with Gasteiger partial charge in [-0.1, -0.05) is 44.2 Å². The van der Waals surface area contributed by atoms with Gasteiger partial charge < -0.3 is 24.2 Å². The molecule has 2 aliphatic heterocycles. The van der Waals surface area contributed by atoms with Gasteiger partial charge in [0.15, 0.2) is 0 Å². The maximum absolute atomic E-state index is 14.4. The number of carbonyl (C=O) groups excluding carboxylic acids is 2. The molecule has 8 nitrogen and oxygen atoms in total. The summed E-state index contributed by atoms with van der Waals surface area (Å²) >= 11 is 0. The SMILES string of the molecule is CCN(CC)c1ccc2c(c1)OC1=CC(N(CC)CC)C=CC1=C2c1ccccc1C(=O)N1CCN(C(=O)OCC2[C@H]3CCC#CCC[C@@H]23)CC1. The molecule has 0 radical (unpaired) electrons. The van der Waals surface area contributed by atoms with Gasteiger partial charge in [-0.15, -0.1) is 11.8 Å². The number of nitrogens with zero attached hydrogens (tertiary/aromatic N) is 4. The fraction of sp³-hybridized carbons (Fsp3) is 0.488. The van der Waals surface area contributed by atoms with Crippen molar-refractivity contribution in [1.29, 1.82) is 0 Å². The summed E-state index contributed by atoms with van der Waals surface area (Å²) in [5.41, 5.74) is 5.63. The Morgan fingerprint density at radius 3 is 2.24 bits per heavy atom. The zero-order valence-corrected chi connectivity index (χ0v) is 30.7. The Morgan fingerprint density at radius 1 is 0.863 bits per heavy atom. The van der Waals surface area contributed by atoms with Crippen LogP contribution >= 0.6 is 0 Å². The third-order valence-electron chi connectivity index (χ3n) is 11.6. The predicted octanol–water partition coefficient (Wildman–Crippen LogP) is 7.23. The number of anilines is 1. The fourth-order valence-electron chi connectivity index (χ4n) is 8.58. The molecule has 0 bridgehead atoms. The molecular formula is C43H52N4O4. The number of amides is 2. The van der Waals surface area contributed by atoms with E-state index in [1.807, 2.05) is 23.1 Å². The summed E-state index contributed by atoms with van der Waals surface area (Å²) in [6.07, 6.45) is 10.5. The highest BCUT2D eigenvalue weighted by Gasteiger charge is 2.49. The molecule has 1 saturated heterocycles. The van der Waals surface area contributed by atoms with E-state index in [-0.39, 0.29) is 18.0 Å². The van der Waals surface area contributed by atoms with Crippen LogP contribution in [0.4, 0.5) is 10.5 Å². The third kappa shape index (κ3) is 7.06. The number of fused-ring (bicyclic) bond motifs is 3. The summed E-state index contributed by atoms with van der Waals surface area (Å²) in [7, 11) is 0. The molecule has 0 spiro atoms. The highest BCUT2D eigenvalue weighted by atomic mass is 16.6. The molecule has 51 heavy (non-hydrogen) atoms. The van der Waals surface area contributed by atoms with Crippen molar-refractivity contribution in [3.63, 3.8) is 0 Å². The van der Waals surface area contributed by atoms with Crippen molar-refractivity contribution in [2.24, 2.45) is 17.8 Å². The van der Waals surface area contributed by atoms with Crippen molar-refractivity contribution < 1.29 is 19.1 Å². The lowest BCUT2D eigenvalue weighted by Gasteiger charge is -2.35. The highest BCUT2D eigenvalue weighted by Crippen LogP contribution is 2.52. The Labute approximate surface area is 303 Å². The molecular weight excluding hydrogens is 636 g/mol. The molecule has 1 saturated carbocycles.